The molecule has 14 nitrogen and oxygen atoms in total. The van der Waals surface area contributed by atoms with Gasteiger partial charge in [0.05, 0.1) is 31.1 Å². The number of Topliss-reactive ketones (excluding diaryl/α,β-unsaturated/α-hetero) is 1. The van der Waals surface area contributed by atoms with Crippen LogP contribution in [0.4, 0.5) is 17.1 Å². The third-order valence-corrected chi connectivity index (χ3v) is 5.98. The van der Waals surface area contributed by atoms with Crippen LogP contribution in [-0.2, 0) is 16.5 Å². The summed E-state index contributed by atoms with van der Waals surface area (Å²) in [4.78, 5) is 24.6. The summed E-state index contributed by atoms with van der Waals surface area (Å²) in [5, 5.41) is 11.0. The summed E-state index contributed by atoms with van der Waals surface area (Å²) >= 11 is 2.15. The van der Waals surface area contributed by atoms with E-state index in [-0.39, 0.29) is 29.8 Å². The molecular weight excluding hydrogens is 794 g/mol. The number of hydrazine groups is 1. The molecule has 2 heterocycles. The van der Waals surface area contributed by atoms with E-state index in [2.05, 4.69) is 64.1 Å². The van der Waals surface area contributed by atoms with Crippen molar-refractivity contribution in [2.24, 2.45) is 18.7 Å². The number of nitrogens with two attached hydrogens (primary N) is 2. The number of alkyl halides is 1. The van der Waals surface area contributed by atoms with Gasteiger partial charge in [-0.3, -0.25) is 31.2 Å². The minimum atomic E-state index is -0.213. The third-order valence-electron chi connectivity index (χ3n) is 5.98. The van der Waals surface area contributed by atoms with Crippen molar-refractivity contribution in [3.63, 3.8) is 0 Å². The van der Waals surface area contributed by atoms with Crippen molar-refractivity contribution < 1.29 is 24.4 Å². The number of ether oxygens (including phenoxy) is 2. The Kier molecular flexibility index (Phi) is 33.4. The van der Waals surface area contributed by atoms with Gasteiger partial charge in [0.1, 0.15) is 0 Å². The second-order valence-electron chi connectivity index (χ2n) is 9.63. The number of benzene rings is 3. The molecule has 0 aliphatic heterocycles. The molecule has 0 saturated carbocycles. The SMILES string of the molecule is C.CI.COC(OC)N(C)C.NN.O.[C-]#[N+]c1cccc(-c2ccn(C)n2)c1.[C-]#[N+]c1cccc(-c2ccn[nH]2)c1.[C-]#[N+]c1cccc(C(C)=O)c1.[F-]. The third kappa shape index (κ3) is 20.9. The molecule has 0 aliphatic rings. The number of ketones is 1. The second kappa shape index (κ2) is 32.5. The summed E-state index contributed by atoms with van der Waals surface area (Å²) in [5.74, 6) is 8.00. The summed E-state index contributed by atoms with van der Waals surface area (Å²) in [6.45, 7) is 22.0. The number of hydrogen-bond acceptors (Lipinski definition) is 8. The lowest BCUT2D eigenvalue weighted by atomic mass is 10.1. The van der Waals surface area contributed by atoms with Crippen LogP contribution < -0.4 is 16.4 Å². The molecule has 0 bridgehead atoms. The lowest BCUT2D eigenvalue weighted by molar-refractivity contribution is -0.179. The first-order valence-corrected chi connectivity index (χ1v) is 16.7. The minimum absolute atomic E-state index is 0. The van der Waals surface area contributed by atoms with Crippen LogP contribution in [0.2, 0.25) is 0 Å². The largest absolute Gasteiger partial charge is 1.00 e. The molecule has 5 aromatic rings. The predicted octanol–water partition coefficient (Wildman–Crippen LogP) is 4.52. The Balaban J connectivity index is -0.000000292. The number of rotatable bonds is 6. The zero-order chi connectivity index (χ0) is 37.9. The maximum absolute atomic E-state index is 10.8. The van der Waals surface area contributed by atoms with E-state index in [1.165, 1.54) is 6.92 Å². The fraction of sp³-hybridized carbons (Fsp3) is 0.243. The first-order chi connectivity index (χ1) is 24.1. The van der Waals surface area contributed by atoms with Gasteiger partial charge in [0.15, 0.2) is 22.8 Å². The predicted molar refractivity (Wildman–Crippen MR) is 218 cm³/mol. The number of hydrogen-bond donors (Lipinski definition) is 3. The topological polar surface area (TPSA) is 182 Å². The maximum atomic E-state index is 10.8. The number of nitrogens with zero attached hydrogens (tertiary/aromatic N) is 7. The first kappa shape index (κ1) is 54.4. The molecule has 0 fully saturated rings. The van der Waals surface area contributed by atoms with Crippen molar-refractivity contribution >= 4 is 45.4 Å². The minimum Gasteiger partial charge on any atom is -1.00 e. The van der Waals surface area contributed by atoms with Crippen molar-refractivity contribution in [2.45, 2.75) is 20.8 Å². The number of aryl methyl sites for hydroxylation is 1. The molecule has 0 radical (unpaired) electrons. The molecule has 0 saturated heterocycles. The highest BCUT2D eigenvalue weighted by Crippen LogP contribution is 2.23. The van der Waals surface area contributed by atoms with Crippen LogP contribution in [-0.4, -0.2) is 75.8 Å². The van der Waals surface area contributed by atoms with E-state index in [1.807, 2.05) is 85.7 Å². The summed E-state index contributed by atoms with van der Waals surface area (Å²) in [7, 11) is 8.86. The average Bonchev–Trinajstić information content (AvgIpc) is 3.87. The van der Waals surface area contributed by atoms with Gasteiger partial charge in [0, 0.05) is 39.2 Å². The molecule has 7 N–H and O–H groups in total. The molecule has 5 rings (SSSR count). The van der Waals surface area contributed by atoms with E-state index in [0.717, 1.165) is 22.5 Å². The molecule has 286 valence electrons. The zero-order valence-corrected chi connectivity index (χ0v) is 32.2. The molecule has 0 spiro atoms. The average molecular weight is 844 g/mol. The van der Waals surface area contributed by atoms with Crippen molar-refractivity contribution in [2.75, 3.05) is 33.2 Å². The van der Waals surface area contributed by atoms with Crippen molar-refractivity contribution in [1.29, 1.82) is 0 Å². The normalized spacial score (nSPS) is 8.62. The van der Waals surface area contributed by atoms with Gasteiger partial charge in [-0.2, -0.15) is 10.2 Å². The number of methoxy groups -OCH3 is 2. The van der Waals surface area contributed by atoms with Crippen LogP contribution in [0.5, 0.6) is 0 Å². The fourth-order valence-corrected chi connectivity index (χ4v) is 3.78. The highest BCUT2D eigenvalue weighted by Gasteiger charge is 2.05. The van der Waals surface area contributed by atoms with Gasteiger partial charge in [-0.15, -0.1) is 0 Å². The maximum Gasteiger partial charge on any atom is 0.217 e. The Morgan fingerprint density at radius 1 is 0.849 bits per heavy atom. The van der Waals surface area contributed by atoms with E-state index in [9.17, 15) is 4.79 Å². The number of nitrogens with one attached hydrogen (secondary N) is 1. The van der Waals surface area contributed by atoms with E-state index in [0.29, 0.717) is 22.6 Å². The Bertz CT molecular complexity index is 1810. The summed E-state index contributed by atoms with van der Waals surface area (Å²) in [5.41, 5.74) is 6.21. The van der Waals surface area contributed by atoms with Crippen LogP contribution in [0.25, 0.3) is 37.0 Å². The molecule has 53 heavy (non-hydrogen) atoms. The lowest BCUT2D eigenvalue weighted by Crippen LogP contribution is -3.00. The molecule has 0 amide bonds. The Labute approximate surface area is 326 Å². The monoisotopic (exact) mass is 843 g/mol. The molecule has 0 atom stereocenters. The van der Waals surface area contributed by atoms with Gasteiger partial charge in [-0.25, -0.2) is 14.5 Å². The molecule has 0 unspecified atom stereocenters. The Hall–Kier alpha value is -5.36. The van der Waals surface area contributed by atoms with Crippen LogP contribution in [0.1, 0.15) is 24.7 Å². The number of aromatic nitrogens is 4. The van der Waals surface area contributed by atoms with Crippen LogP contribution >= 0.6 is 22.6 Å². The highest BCUT2D eigenvalue weighted by molar-refractivity contribution is 14.1. The van der Waals surface area contributed by atoms with E-state index < -0.39 is 0 Å². The van der Waals surface area contributed by atoms with Gasteiger partial charge in [-0.05, 0) is 67.4 Å². The van der Waals surface area contributed by atoms with Gasteiger partial charge in [0.2, 0.25) is 6.41 Å². The smallest absolute Gasteiger partial charge is 0.217 e. The second-order valence-corrected chi connectivity index (χ2v) is 9.63. The zero-order valence-electron chi connectivity index (χ0n) is 30.1. The number of carbonyl (C=O) groups is 1. The molecule has 0 aliphatic carbocycles. The van der Waals surface area contributed by atoms with Crippen molar-refractivity contribution in [3.05, 3.63) is 137 Å². The molecule has 3 aromatic carbocycles. The van der Waals surface area contributed by atoms with Crippen LogP contribution in [0, 0.1) is 19.7 Å². The van der Waals surface area contributed by atoms with Crippen molar-refractivity contribution in [3.8, 4) is 22.5 Å². The quantitative estimate of drug-likeness (QED) is 0.0425. The number of halogens is 2. The highest BCUT2D eigenvalue weighted by atomic mass is 127. The summed E-state index contributed by atoms with van der Waals surface area (Å²) in [6.07, 6.45) is 3.37. The molecular formula is C37H49FIN10O4-. The number of aromatic amines is 1. The van der Waals surface area contributed by atoms with Gasteiger partial charge >= 0.3 is 0 Å². The Morgan fingerprint density at radius 3 is 1.70 bits per heavy atom. The summed E-state index contributed by atoms with van der Waals surface area (Å²) in [6, 6.07) is 25.4. The van der Waals surface area contributed by atoms with Gasteiger partial charge < -0.3 is 19.7 Å². The van der Waals surface area contributed by atoms with Crippen LogP contribution in [0.3, 0.4) is 0 Å². The lowest BCUT2D eigenvalue weighted by Gasteiger charge is -2.19. The standard InChI is InChI=1S/C11H9N3.C10H7N3.C9H7NO.C5H13NO2.CH3I.CH4.FH.H4N2.H2O/c1-12-10-5-3-4-9(8-10)11-6-7-14(2)13-11;1-11-9-4-2-3-8(7-9)10-5-6-12-13-10;1-7(11)8-4-3-5-9(6-8)10-2;1-6(2)5(7-3)8-4;1-2;;;1-2;/h3-8H,2H3;2-7H,(H,12,13);3-6H,1H3;5H,1-4H3;1H3;1H4;1H;1-2H2;1H2/p-1. The van der Waals surface area contributed by atoms with Crippen molar-refractivity contribution in [1.82, 2.24) is 24.9 Å². The van der Waals surface area contributed by atoms with Crippen LogP contribution in [0.15, 0.2) is 97.3 Å². The van der Waals surface area contributed by atoms with E-state index in [4.69, 9.17) is 29.2 Å². The van der Waals surface area contributed by atoms with Gasteiger partial charge in [0.25, 0.3) is 0 Å². The van der Waals surface area contributed by atoms with Gasteiger partial charge in [-0.1, -0.05) is 84.6 Å². The van der Waals surface area contributed by atoms with E-state index >= 15 is 0 Å². The molecule has 2 aromatic heterocycles. The number of H-pyrrole nitrogens is 1. The fourth-order valence-electron chi connectivity index (χ4n) is 3.78. The number of carbonyl (C=O) groups excluding carboxylic acids is 1. The Morgan fingerprint density at radius 2 is 1.32 bits per heavy atom. The molecule has 16 heteroatoms. The summed E-state index contributed by atoms with van der Waals surface area (Å²) < 4.78 is 11.5. The first-order valence-electron chi connectivity index (χ1n) is 14.5. The van der Waals surface area contributed by atoms with E-state index in [1.54, 1.807) is 61.5 Å².